The van der Waals surface area contributed by atoms with E-state index in [1.165, 1.54) is 0 Å². The van der Waals surface area contributed by atoms with Crippen LogP contribution in [0, 0.1) is 0 Å². The van der Waals surface area contributed by atoms with Crippen LogP contribution in [0.2, 0.25) is 0 Å². The number of ether oxygens (including phenoxy) is 1. The Morgan fingerprint density at radius 2 is 1.52 bits per heavy atom. The fourth-order valence-corrected chi connectivity index (χ4v) is 3.14. The largest absolute Gasteiger partial charge is 0.483 e. The van der Waals surface area contributed by atoms with Crippen LogP contribution in [-0.2, 0) is 4.79 Å². The molecule has 0 saturated carbocycles. The van der Waals surface area contributed by atoms with E-state index in [1.807, 2.05) is 83.7 Å². The zero-order chi connectivity index (χ0) is 21.5. The Labute approximate surface area is 180 Å². The van der Waals surface area contributed by atoms with E-state index in [2.05, 4.69) is 10.9 Å². The topological polar surface area (TPSA) is 72.4 Å². The summed E-state index contributed by atoms with van der Waals surface area (Å²) in [6, 6.07) is 28.2. The molecule has 2 N–H and O–H groups in total. The van der Waals surface area contributed by atoms with E-state index in [0.29, 0.717) is 11.3 Å². The molecule has 0 atom stereocenters. The number of nitrogens with zero attached hydrogens (tertiary/aromatic N) is 1. The lowest BCUT2D eigenvalue weighted by Crippen LogP contribution is -2.43. The maximum atomic E-state index is 12.4. The molecular weight excluding hydrogens is 390 g/mol. The van der Waals surface area contributed by atoms with Crippen molar-refractivity contribution in [3.63, 3.8) is 0 Å². The van der Waals surface area contributed by atoms with Crippen LogP contribution in [0.3, 0.4) is 0 Å². The van der Waals surface area contributed by atoms with Crippen LogP contribution in [0.4, 0.5) is 0 Å². The first-order chi connectivity index (χ1) is 15.2. The summed E-state index contributed by atoms with van der Waals surface area (Å²) in [7, 11) is 0. The zero-order valence-corrected chi connectivity index (χ0v) is 16.7. The van der Waals surface area contributed by atoms with Crippen molar-refractivity contribution in [2.75, 3.05) is 6.61 Å². The Kier molecular flexibility index (Phi) is 6.09. The van der Waals surface area contributed by atoms with Gasteiger partial charge in [-0.1, -0.05) is 54.6 Å². The second-order valence-electron chi connectivity index (χ2n) is 6.79. The van der Waals surface area contributed by atoms with Gasteiger partial charge in [-0.05, 0) is 42.0 Å². The molecule has 0 aliphatic heterocycles. The van der Waals surface area contributed by atoms with Crippen LogP contribution >= 0.6 is 0 Å². The van der Waals surface area contributed by atoms with Gasteiger partial charge in [0.15, 0.2) is 6.61 Å². The zero-order valence-electron chi connectivity index (χ0n) is 16.7. The summed E-state index contributed by atoms with van der Waals surface area (Å²) in [5.41, 5.74) is 7.99. The lowest BCUT2D eigenvalue weighted by atomic mass is 10.1. The van der Waals surface area contributed by atoms with E-state index in [4.69, 9.17) is 4.74 Å². The highest BCUT2D eigenvalue weighted by Crippen LogP contribution is 2.29. The van der Waals surface area contributed by atoms with Gasteiger partial charge in [0.1, 0.15) is 5.75 Å². The monoisotopic (exact) mass is 411 g/mol. The van der Waals surface area contributed by atoms with E-state index in [0.717, 1.165) is 16.8 Å². The summed E-state index contributed by atoms with van der Waals surface area (Å²) < 4.78 is 7.59. The quantitative estimate of drug-likeness (QED) is 0.472. The van der Waals surface area contributed by atoms with E-state index in [1.54, 1.807) is 24.3 Å². The molecule has 0 radical (unpaired) electrons. The molecule has 31 heavy (non-hydrogen) atoms. The van der Waals surface area contributed by atoms with Gasteiger partial charge < -0.3 is 9.30 Å². The average molecular weight is 411 g/mol. The van der Waals surface area contributed by atoms with E-state index >= 15 is 0 Å². The number of benzene rings is 3. The molecule has 6 nitrogen and oxygen atoms in total. The molecule has 0 aliphatic carbocycles. The highest BCUT2D eigenvalue weighted by Gasteiger charge is 2.11. The van der Waals surface area contributed by atoms with Crippen molar-refractivity contribution >= 4 is 11.8 Å². The third-order valence-electron chi connectivity index (χ3n) is 4.66. The molecule has 0 saturated heterocycles. The first-order valence-electron chi connectivity index (χ1n) is 9.80. The van der Waals surface area contributed by atoms with Gasteiger partial charge in [0, 0.05) is 29.2 Å². The second kappa shape index (κ2) is 9.45. The minimum Gasteiger partial charge on any atom is -0.483 e. The number of carbonyl (C=O) groups is 2. The lowest BCUT2D eigenvalue weighted by molar-refractivity contribution is -0.123. The Balaban J connectivity index is 1.34. The summed E-state index contributed by atoms with van der Waals surface area (Å²) in [6.07, 6.45) is 3.78. The van der Waals surface area contributed by atoms with Crippen molar-refractivity contribution < 1.29 is 14.3 Å². The number of amides is 2. The van der Waals surface area contributed by atoms with Crippen molar-refractivity contribution in [3.8, 4) is 22.6 Å². The van der Waals surface area contributed by atoms with Gasteiger partial charge in [-0.2, -0.15) is 0 Å². The lowest BCUT2D eigenvalue weighted by Gasteiger charge is -2.12. The van der Waals surface area contributed by atoms with Gasteiger partial charge in [-0.3, -0.25) is 20.4 Å². The summed E-state index contributed by atoms with van der Waals surface area (Å²) >= 11 is 0. The molecule has 0 aliphatic rings. The van der Waals surface area contributed by atoms with Crippen LogP contribution in [0.25, 0.3) is 16.8 Å². The van der Waals surface area contributed by atoms with Gasteiger partial charge in [0.05, 0.1) is 0 Å². The minimum atomic E-state index is -0.460. The molecule has 0 spiro atoms. The number of nitrogens with one attached hydrogen (secondary N) is 2. The summed E-state index contributed by atoms with van der Waals surface area (Å²) in [5.74, 6) is -0.278. The van der Waals surface area contributed by atoms with Gasteiger partial charge in [0.2, 0.25) is 0 Å². The molecular formula is C25H21N3O3. The fourth-order valence-electron chi connectivity index (χ4n) is 3.14. The Morgan fingerprint density at radius 1 is 0.774 bits per heavy atom. The third kappa shape index (κ3) is 5.00. The van der Waals surface area contributed by atoms with Crippen LogP contribution in [-0.4, -0.2) is 23.0 Å². The molecule has 2 amide bonds. The molecule has 3 aromatic carbocycles. The van der Waals surface area contributed by atoms with Crippen molar-refractivity contribution in [2.45, 2.75) is 0 Å². The number of rotatable bonds is 6. The molecule has 1 heterocycles. The maximum absolute atomic E-state index is 12.4. The molecule has 4 rings (SSSR count). The van der Waals surface area contributed by atoms with Gasteiger partial charge in [0.25, 0.3) is 11.8 Å². The van der Waals surface area contributed by atoms with Crippen molar-refractivity contribution in [2.24, 2.45) is 0 Å². The molecule has 1 aromatic heterocycles. The Morgan fingerprint density at radius 3 is 2.32 bits per heavy atom. The molecule has 4 aromatic rings. The van der Waals surface area contributed by atoms with Crippen LogP contribution in [0.5, 0.6) is 5.75 Å². The van der Waals surface area contributed by atoms with Gasteiger partial charge in [-0.15, -0.1) is 0 Å². The summed E-state index contributed by atoms with van der Waals surface area (Å²) in [4.78, 5) is 24.6. The highest BCUT2D eigenvalue weighted by atomic mass is 16.5. The predicted molar refractivity (Wildman–Crippen MR) is 119 cm³/mol. The number of carbonyl (C=O) groups excluding carboxylic acids is 2. The van der Waals surface area contributed by atoms with Crippen molar-refractivity contribution in [1.82, 2.24) is 15.4 Å². The standard InChI is InChI=1S/C25H21N3O3/c29-24(18-31-23-14-5-4-13-22(23)19-9-2-1-3-10-19)26-27-25(30)20-11-8-12-21(17-20)28-15-6-7-16-28/h1-17H,18H2,(H,26,29)(H,27,30). The first-order valence-corrected chi connectivity index (χ1v) is 9.80. The molecule has 154 valence electrons. The average Bonchev–Trinajstić information content (AvgIpc) is 3.37. The maximum Gasteiger partial charge on any atom is 0.276 e. The van der Waals surface area contributed by atoms with Gasteiger partial charge in [-0.25, -0.2) is 0 Å². The highest BCUT2D eigenvalue weighted by molar-refractivity contribution is 5.96. The Bertz CT molecular complexity index is 1170. The van der Waals surface area contributed by atoms with Crippen LogP contribution < -0.4 is 15.6 Å². The summed E-state index contributed by atoms with van der Waals surface area (Å²) in [6.45, 7) is -0.229. The first kappa shape index (κ1) is 20.0. The predicted octanol–water partition coefficient (Wildman–Crippen LogP) is 3.98. The van der Waals surface area contributed by atoms with E-state index < -0.39 is 11.8 Å². The van der Waals surface area contributed by atoms with E-state index in [9.17, 15) is 9.59 Å². The normalized spacial score (nSPS) is 10.3. The summed E-state index contributed by atoms with van der Waals surface area (Å²) in [5, 5.41) is 0. The minimum absolute atomic E-state index is 0.229. The van der Waals surface area contributed by atoms with Crippen LogP contribution in [0.1, 0.15) is 10.4 Å². The number of aromatic nitrogens is 1. The number of hydrazine groups is 1. The third-order valence-corrected chi connectivity index (χ3v) is 4.66. The second-order valence-corrected chi connectivity index (χ2v) is 6.79. The Hall–Kier alpha value is -4.32. The van der Waals surface area contributed by atoms with E-state index in [-0.39, 0.29) is 6.61 Å². The molecule has 0 fully saturated rings. The number of para-hydroxylation sites is 1. The van der Waals surface area contributed by atoms with Crippen LogP contribution in [0.15, 0.2) is 103 Å². The smallest absolute Gasteiger partial charge is 0.276 e. The number of hydrogen-bond acceptors (Lipinski definition) is 3. The fraction of sp³-hybridized carbons (Fsp3) is 0.0400. The molecule has 0 unspecified atom stereocenters. The van der Waals surface area contributed by atoms with Crippen molar-refractivity contribution in [1.29, 1.82) is 0 Å². The molecule has 0 bridgehead atoms. The van der Waals surface area contributed by atoms with Gasteiger partial charge >= 0.3 is 0 Å². The molecule has 6 heteroatoms. The van der Waals surface area contributed by atoms with Crippen molar-refractivity contribution in [3.05, 3.63) is 109 Å². The number of hydrogen-bond donors (Lipinski definition) is 2. The SMILES string of the molecule is O=C(COc1ccccc1-c1ccccc1)NNC(=O)c1cccc(-n2cccc2)c1.